The van der Waals surface area contributed by atoms with Crippen LogP contribution in [0.4, 0.5) is 4.79 Å². The summed E-state index contributed by atoms with van der Waals surface area (Å²) in [5, 5.41) is 2.52. The van der Waals surface area contributed by atoms with Crippen molar-refractivity contribution in [2.24, 2.45) is 0 Å². The van der Waals surface area contributed by atoms with Crippen LogP contribution in [0.15, 0.2) is 23.1 Å². The van der Waals surface area contributed by atoms with Crippen molar-refractivity contribution in [2.75, 3.05) is 32.1 Å². The summed E-state index contributed by atoms with van der Waals surface area (Å²) >= 11 is 1.68. The van der Waals surface area contributed by atoms with Gasteiger partial charge in [-0.1, -0.05) is 0 Å². The average molecular weight is 322 g/mol. The molecule has 0 aliphatic carbocycles. The zero-order valence-electron chi connectivity index (χ0n) is 12.2. The summed E-state index contributed by atoms with van der Waals surface area (Å²) in [5.41, 5.74) is 0. The van der Waals surface area contributed by atoms with Crippen molar-refractivity contribution in [1.82, 2.24) is 10.2 Å². The summed E-state index contributed by atoms with van der Waals surface area (Å²) in [5.74, 6) is 2.26. The highest BCUT2D eigenvalue weighted by Gasteiger charge is 2.27. The molecule has 6 nitrogen and oxygen atoms in total. The maximum absolute atomic E-state index is 11.4. The Bertz CT molecular complexity index is 563. The van der Waals surface area contributed by atoms with Gasteiger partial charge in [0.2, 0.25) is 5.91 Å². The molecule has 2 heterocycles. The van der Waals surface area contributed by atoms with Crippen LogP contribution in [0.5, 0.6) is 11.5 Å². The number of fused-ring (bicyclic) bond motifs is 1. The lowest BCUT2D eigenvalue weighted by atomic mass is 10.3. The second kappa shape index (κ2) is 6.91. The largest absolute Gasteiger partial charge is 0.490 e. The topological polar surface area (TPSA) is 67.9 Å². The third kappa shape index (κ3) is 3.47. The lowest BCUT2D eigenvalue weighted by Gasteiger charge is -2.12. The van der Waals surface area contributed by atoms with E-state index in [4.69, 9.17) is 9.47 Å². The molecule has 7 heteroatoms. The molecule has 1 aromatic rings. The molecular weight excluding hydrogens is 304 g/mol. The Morgan fingerprint density at radius 1 is 1.18 bits per heavy atom. The van der Waals surface area contributed by atoms with E-state index in [-0.39, 0.29) is 18.5 Å². The zero-order valence-corrected chi connectivity index (χ0v) is 13.0. The summed E-state index contributed by atoms with van der Waals surface area (Å²) in [6, 6.07) is 5.64. The van der Waals surface area contributed by atoms with Crippen LogP contribution in [-0.2, 0) is 4.79 Å². The number of hydrogen-bond donors (Lipinski definition) is 1. The Balaban J connectivity index is 1.48. The van der Waals surface area contributed by atoms with E-state index in [2.05, 4.69) is 5.32 Å². The third-order valence-corrected chi connectivity index (χ3v) is 4.53. The fraction of sp³-hybridized carbons (Fsp3) is 0.467. The first kappa shape index (κ1) is 15.0. The molecule has 0 saturated carbocycles. The van der Waals surface area contributed by atoms with Crippen LogP contribution >= 0.6 is 11.8 Å². The number of carbonyl (C=O) groups is 2. The molecule has 22 heavy (non-hydrogen) atoms. The Kier molecular flexibility index (Phi) is 4.72. The third-order valence-electron chi connectivity index (χ3n) is 3.45. The molecule has 118 valence electrons. The zero-order chi connectivity index (χ0) is 15.4. The Hall–Kier alpha value is -1.89. The van der Waals surface area contributed by atoms with Gasteiger partial charge in [-0.15, -0.1) is 11.8 Å². The van der Waals surface area contributed by atoms with Crippen LogP contribution in [-0.4, -0.2) is 48.9 Å². The molecular formula is C15H18N2O4S. The van der Waals surface area contributed by atoms with Crippen LogP contribution in [0.1, 0.15) is 12.8 Å². The number of hydrogen-bond acceptors (Lipinski definition) is 5. The van der Waals surface area contributed by atoms with E-state index in [1.165, 1.54) is 4.90 Å². The molecule has 2 aliphatic rings. The SMILES string of the molecule is O=C1CNC(=O)N1CCCSc1ccc2c(c1)OCCCO2. The molecule has 1 aromatic carbocycles. The second-order valence-electron chi connectivity index (χ2n) is 5.07. The smallest absolute Gasteiger partial charge is 0.324 e. The number of thioether (sulfide) groups is 1. The number of imide groups is 1. The average Bonchev–Trinajstić information content (AvgIpc) is 2.73. The van der Waals surface area contributed by atoms with E-state index in [1.54, 1.807) is 11.8 Å². The fourth-order valence-corrected chi connectivity index (χ4v) is 3.19. The first-order valence-corrected chi connectivity index (χ1v) is 8.33. The second-order valence-corrected chi connectivity index (χ2v) is 6.23. The fourth-order valence-electron chi connectivity index (χ4n) is 2.33. The highest BCUT2D eigenvalue weighted by molar-refractivity contribution is 7.99. The van der Waals surface area contributed by atoms with E-state index in [9.17, 15) is 9.59 Å². The monoisotopic (exact) mass is 322 g/mol. The molecule has 3 amide bonds. The first-order chi connectivity index (χ1) is 10.7. The molecule has 1 fully saturated rings. The molecule has 0 radical (unpaired) electrons. The van der Waals surface area contributed by atoms with Gasteiger partial charge in [-0.25, -0.2) is 4.79 Å². The van der Waals surface area contributed by atoms with Crippen molar-refractivity contribution in [3.8, 4) is 11.5 Å². The van der Waals surface area contributed by atoms with E-state index in [0.717, 1.165) is 35.0 Å². The number of ether oxygens (including phenoxy) is 2. The lowest BCUT2D eigenvalue weighted by Crippen LogP contribution is -2.32. The molecule has 0 spiro atoms. The van der Waals surface area contributed by atoms with Gasteiger partial charge in [-0.3, -0.25) is 9.69 Å². The lowest BCUT2D eigenvalue weighted by molar-refractivity contribution is -0.124. The van der Waals surface area contributed by atoms with Crippen molar-refractivity contribution >= 4 is 23.7 Å². The van der Waals surface area contributed by atoms with Crippen LogP contribution in [0.25, 0.3) is 0 Å². The van der Waals surface area contributed by atoms with Gasteiger partial charge in [-0.2, -0.15) is 0 Å². The highest BCUT2D eigenvalue weighted by Crippen LogP contribution is 2.34. The van der Waals surface area contributed by atoms with Gasteiger partial charge < -0.3 is 14.8 Å². The molecule has 3 rings (SSSR count). The van der Waals surface area contributed by atoms with Crippen molar-refractivity contribution in [2.45, 2.75) is 17.7 Å². The first-order valence-electron chi connectivity index (χ1n) is 7.35. The summed E-state index contributed by atoms with van der Waals surface area (Å²) in [4.78, 5) is 25.2. The van der Waals surface area contributed by atoms with Crippen LogP contribution in [0.2, 0.25) is 0 Å². The van der Waals surface area contributed by atoms with E-state index in [0.29, 0.717) is 19.8 Å². The summed E-state index contributed by atoms with van der Waals surface area (Å²) < 4.78 is 11.3. The van der Waals surface area contributed by atoms with Crippen molar-refractivity contribution in [3.05, 3.63) is 18.2 Å². The van der Waals surface area contributed by atoms with E-state index in [1.807, 2.05) is 18.2 Å². The summed E-state index contributed by atoms with van der Waals surface area (Å²) in [6.07, 6.45) is 1.65. The van der Waals surface area contributed by atoms with Crippen LogP contribution in [0.3, 0.4) is 0 Å². The number of nitrogens with one attached hydrogen (secondary N) is 1. The van der Waals surface area contributed by atoms with Gasteiger partial charge in [0.15, 0.2) is 11.5 Å². The number of carbonyl (C=O) groups excluding carboxylic acids is 2. The predicted molar refractivity (Wildman–Crippen MR) is 82.5 cm³/mol. The summed E-state index contributed by atoms with van der Waals surface area (Å²) in [7, 11) is 0. The van der Waals surface area contributed by atoms with Gasteiger partial charge in [0.1, 0.15) is 0 Å². The highest BCUT2D eigenvalue weighted by atomic mass is 32.2. The standard InChI is InChI=1S/C15H18N2O4S/c18-14-10-16-15(19)17(14)5-1-8-22-11-3-4-12-13(9-11)21-7-2-6-20-12/h3-4,9H,1-2,5-8,10H2,(H,16,19). The minimum atomic E-state index is -0.287. The Morgan fingerprint density at radius 3 is 2.77 bits per heavy atom. The Morgan fingerprint density at radius 2 is 2.00 bits per heavy atom. The van der Waals surface area contributed by atoms with Gasteiger partial charge in [0.05, 0.1) is 19.8 Å². The number of amides is 3. The van der Waals surface area contributed by atoms with Crippen LogP contribution < -0.4 is 14.8 Å². The van der Waals surface area contributed by atoms with Gasteiger partial charge >= 0.3 is 6.03 Å². The van der Waals surface area contributed by atoms with Gasteiger partial charge in [-0.05, 0) is 30.4 Å². The number of nitrogens with zero attached hydrogens (tertiary/aromatic N) is 1. The molecule has 0 unspecified atom stereocenters. The van der Waals surface area contributed by atoms with Crippen molar-refractivity contribution in [1.29, 1.82) is 0 Å². The quantitative estimate of drug-likeness (QED) is 0.509. The predicted octanol–water partition coefficient (Wildman–Crippen LogP) is 1.88. The molecule has 0 bridgehead atoms. The Labute approximate surface area is 133 Å². The number of benzene rings is 1. The van der Waals surface area contributed by atoms with Gasteiger partial charge in [0, 0.05) is 17.9 Å². The minimum absolute atomic E-state index is 0.119. The van der Waals surface area contributed by atoms with E-state index < -0.39 is 0 Å². The molecule has 2 aliphatic heterocycles. The van der Waals surface area contributed by atoms with Crippen molar-refractivity contribution in [3.63, 3.8) is 0 Å². The molecule has 1 N–H and O–H groups in total. The minimum Gasteiger partial charge on any atom is -0.490 e. The number of rotatable bonds is 5. The van der Waals surface area contributed by atoms with E-state index >= 15 is 0 Å². The molecule has 0 atom stereocenters. The maximum Gasteiger partial charge on any atom is 0.324 e. The normalized spacial score (nSPS) is 17.4. The molecule has 0 aromatic heterocycles. The molecule has 1 saturated heterocycles. The number of urea groups is 1. The summed E-state index contributed by atoms with van der Waals surface area (Å²) in [6.45, 7) is 1.94. The van der Waals surface area contributed by atoms with Gasteiger partial charge in [0.25, 0.3) is 0 Å². The van der Waals surface area contributed by atoms with Crippen LogP contribution in [0, 0.1) is 0 Å². The maximum atomic E-state index is 11.4. The van der Waals surface area contributed by atoms with Crippen molar-refractivity contribution < 1.29 is 19.1 Å².